The van der Waals surface area contributed by atoms with Gasteiger partial charge in [-0.15, -0.1) is 0 Å². The van der Waals surface area contributed by atoms with Gasteiger partial charge in [0.1, 0.15) is 23.9 Å². The van der Waals surface area contributed by atoms with Gasteiger partial charge in [0.05, 0.1) is 30.5 Å². The van der Waals surface area contributed by atoms with Crippen LogP contribution >= 0.6 is 0 Å². The fraction of sp³-hybridized carbons (Fsp3) is 0.490. The first kappa shape index (κ1) is 48.3. The minimum atomic E-state index is -3.73. The van der Waals surface area contributed by atoms with Gasteiger partial charge in [0.15, 0.2) is 0 Å². The molecule has 2 fully saturated rings. The number of hydrogen-bond acceptors (Lipinski definition) is 11. The standard InChI is InChI=1S/C49H63N7O9S/c1-9-55-42-16-15-32-25-37(42)38(44(55)36-13-11-18-50-41(36)28-64-8)26-49(5,6)29-65-48(61)39-14-12-19-56(52-39)47(60)40(23-31-21-34(32)24-35(57)22-31)51-45(58)43(30(3)4)53(7)46(59)33-17-20-54(27-33)66(62,63)10-2/h10-11,13,15-16,18,21-22,24-25,30,33,39-40,43,52,57H,2,9,12,14,17,19-20,23,26-29H2,1,3-8H3,(H,51,58)/t33-,39-,40-,43?/m0/s1. The summed E-state index contributed by atoms with van der Waals surface area (Å²) in [5.74, 6) is -3.09. The molecule has 0 radical (unpaired) electrons. The largest absolute Gasteiger partial charge is 0.508 e. The van der Waals surface area contributed by atoms with Crippen LogP contribution in [0.25, 0.3) is 33.3 Å². The van der Waals surface area contributed by atoms with Gasteiger partial charge in [0.25, 0.3) is 5.91 Å². The summed E-state index contributed by atoms with van der Waals surface area (Å²) in [6, 6.07) is 12.2. The van der Waals surface area contributed by atoms with E-state index in [4.69, 9.17) is 14.5 Å². The van der Waals surface area contributed by atoms with E-state index in [9.17, 15) is 32.7 Å². The van der Waals surface area contributed by atoms with Crippen LogP contribution in [0.1, 0.15) is 70.7 Å². The highest BCUT2D eigenvalue weighted by molar-refractivity contribution is 7.92. The van der Waals surface area contributed by atoms with Crippen LogP contribution in [-0.2, 0) is 64.7 Å². The second-order valence-corrected chi connectivity index (χ2v) is 20.7. The Morgan fingerprint density at radius 2 is 1.89 bits per heavy atom. The zero-order chi connectivity index (χ0) is 47.7. The smallest absolute Gasteiger partial charge is 0.324 e. The third-order valence-electron chi connectivity index (χ3n) is 13.0. The summed E-state index contributed by atoms with van der Waals surface area (Å²) in [7, 11) is -0.568. The molecule has 0 saturated carbocycles. The predicted molar refractivity (Wildman–Crippen MR) is 251 cm³/mol. The van der Waals surface area contributed by atoms with E-state index >= 15 is 0 Å². The van der Waals surface area contributed by atoms with Crippen molar-refractivity contribution in [2.24, 2.45) is 17.3 Å². The number of sulfonamides is 1. The second-order valence-electron chi connectivity index (χ2n) is 18.8. The third-order valence-corrected chi connectivity index (χ3v) is 14.5. The third kappa shape index (κ3) is 10.0. The molecular formula is C49H63N7O9S. The van der Waals surface area contributed by atoms with Crippen molar-refractivity contribution in [3.05, 3.63) is 83.5 Å². The van der Waals surface area contributed by atoms with Gasteiger partial charge in [-0.05, 0) is 97.2 Å². The SMILES string of the molecule is C=CS(=O)(=O)N1CC[C@H](C(=O)N(C)C(C(=O)N[C@H]2Cc3cc(O)cc(c3)-c3ccc4c(c3)c(c(-c3cccnc3COC)n4CC)CC(C)(C)COC(=O)[C@@H]3CCCN(N3)C2=O)C(C)C)C1. The molecule has 17 heteroatoms. The summed E-state index contributed by atoms with van der Waals surface area (Å²) in [4.78, 5) is 63.0. The first-order valence-electron chi connectivity index (χ1n) is 22.7. The summed E-state index contributed by atoms with van der Waals surface area (Å²) in [5, 5.41) is 17.5. The average molecular weight is 926 g/mol. The number of amides is 3. The number of benzene rings is 2. The lowest BCUT2D eigenvalue weighted by molar-refractivity contribution is -0.155. The molecule has 3 N–H and O–H groups in total. The van der Waals surface area contributed by atoms with Crippen molar-refractivity contribution in [3.8, 4) is 28.1 Å². The topological polar surface area (TPSA) is 193 Å². The Morgan fingerprint density at radius 1 is 1.12 bits per heavy atom. The number of aromatic hydroxyl groups is 1. The maximum absolute atomic E-state index is 14.7. The fourth-order valence-corrected chi connectivity index (χ4v) is 10.8. The number of phenols is 1. The Kier molecular flexibility index (Phi) is 14.4. The lowest BCUT2D eigenvalue weighted by atomic mass is 9.84. The Morgan fingerprint density at radius 3 is 2.61 bits per heavy atom. The molecule has 0 aliphatic carbocycles. The molecule has 6 bridgehead atoms. The number of hydrogen-bond donors (Lipinski definition) is 3. The number of nitrogens with zero attached hydrogens (tertiary/aromatic N) is 5. The quantitative estimate of drug-likeness (QED) is 0.168. The number of pyridine rings is 1. The minimum absolute atomic E-state index is 0.0318. The molecule has 2 aromatic heterocycles. The van der Waals surface area contributed by atoms with Gasteiger partial charge in [0, 0.05) is 80.2 Å². The molecule has 3 aliphatic heterocycles. The number of hydrazine groups is 1. The Balaban J connectivity index is 1.30. The number of cyclic esters (lactones) is 1. The summed E-state index contributed by atoms with van der Waals surface area (Å²) < 4.78 is 40.1. The molecule has 16 nitrogen and oxygen atoms in total. The Hall–Kier alpha value is -5.62. The molecule has 0 spiro atoms. The van der Waals surface area contributed by atoms with E-state index in [-0.39, 0.29) is 50.7 Å². The van der Waals surface area contributed by atoms with Gasteiger partial charge >= 0.3 is 5.97 Å². The summed E-state index contributed by atoms with van der Waals surface area (Å²) in [6.07, 6.45) is 3.44. The summed E-state index contributed by atoms with van der Waals surface area (Å²) in [6.45, 7) is 14.6. The first-order chi connectivity index (χ1) is 31.4. The first-order valence-corrected chi connectivity index (χ1v) is 24.2. The van der Waals surface area contributed by atoms with Crippen molar-refractivity contribution in [2.75, 3.05) is 40.4 Å². The highest BCUT2D eigenvalue weighted by atomic mass is 32.2. The van der Waals surface area contributed by atoms with Crippen LogP contribution in [0.15, 0.2) is 66.7 Å². The van der Waals surface area contributed by atoms with Crippen molar-refractivity contribution < 1.29 is 42.2 Å². The maximum atomic E-state index is 14.7. The number of ether oxygens (including phenoxy) is 2. The number of aryl methyl sites for hydroxylation is 1. The van der Waals surface area contributed by atoms with Crippen LogP contribution in [-0.4, -0.2) is 120 Å². The normalized spacial score (nSPS) is 21.0. The Labute approximate surface area is 387 Å². The van der Waals surface area contributed by atoms with E-state index in [1.165, 1.54) is 21.3 Å². The van der Waals surface area contributed by atoms with Crippen molar-refractivity contribution >= 4 is 44.6 Å². The molecule has 354 valence electrons. The van der Waals surface area contributed by atoms with Gasteiger partial charge in [-0.25, -0.2) is 13.8 Å². The average Bonchev–Trinajstić information content (AvgIpc) is 3.91. The van der Waals surface area contributed by atoms with E-state index in [0.717, 1.165) is 44.4 Å². The van der Waals surface area contributed by atoms with E-state index in [2.05, 4.69) is 60.9 Å². The van der Waals surface area contributed by atoms with Gasteiger partial charge < -0.3 is 29.4 Å². The number of phenolic OH excluding ortho intramolecular Hbond substituents is 1. The summed E-state index contributed by atoms with van der Waals surface area (Å²) in [5.41, 5.74) is 9.38. The number of aromatic nitrogens is 2. The van der Waals surface area contributed by atoms with E-state index < -0.39 is 63.2 Å². The van der Waals surface area contributed by atoms with Crippen LogP contribution in [0.5, 0.6) is 5.75 Å². The number of fused-ring (bicyclic) bond motifs is 6. The van der Waals surface area contributed by atoms with Crippen LogP contribution in [0.3, 0.4) is 0 Å². The van der Waals surface area contributed by atoms with Crippen molar-refractivity contribution in [1.29, 1.82) is 0 Å². The van der Waals surface area contributed by atoms with E-state index in [1.807, 2.05) is 18.2 Å². The van der Waals surface area contributed by atoms with Crippen LogP contribution in [0, 0.1) is 17.3 Å². The van der Waals surface area contributed by atoms with Gasteiger partial charge in [0.2, 0.25) is 21.8 Å². The highest BCUT2D eigenvalue weighted by Gasteiger charge is 2.41. The lowest BCUT2D eigenvalue weighted by Gasteiger charge is -2.37. The number of carbonyl (C=O) groups is 4. The zero-order valence-electron chi connectivity index (χ0n) is 39.0. The lowest BCUT2D eigenvalue weighted by Crippen LogP contribution is -2.62. The maximum Gasteiger partial charge on any atom is 0.324 e. The molecule has 4 atom stereocenters. The van der Waals surface area contributed by atoms with Crippen LogP contribution in [0.4, 0.5) is 0 Å². The van der Waals surface area contributed by atoms with Gasteiger partial charge in [-0.3, -0.25) is 29.2 Å². The molecule has 66 heavy (non-hydrogen) atoms. The van der Waals surface area contributed by atoms with Crippen molar-refractivity contribution in [1.82, 2.24) is 34.5 Å². The van der Waals surface area contributed by atoms with Crippen molar-refractivity contribution in [2.45, 2.75) is 98.0 Å². The molecule has 3 aliphatic rings. The molecule has 7 rings (SSSR count). The molecule has 2 saturated heterocycles. The number of esters is 1. The summed E-state index contributed by atoms with van der Waals surface area (Å²) >= 11 is 0. The Bertz CT molecular complexity index is 2630. The molecule has 1 unspecified atom stereocenters. The van der Waals surface area contributed by atoms with E-state index in [1.54, 1.807) is 39.3 Å². The second kappa shape index (κ2) is 19.7. The fourth-order valence-electron chi connectivity index (χ4n) is 9.79. The monoisotopic (exact) mass is 925 g/mol. The number of rotatable bonds is 11. The minimum Gasteiger partial charge on any atom is -0.508 e. The van der Waals surface area contributed by atoms with Gasteiger partial charge in [-0.2, -0.15) is 4.31 Å². The predicted octanol–water partition coefficient (Wildman–Crippen LogP) is 5.17. The van der Waals surface area contributed by atoms with E-state index in [0.29, 0.717) is 43.5 Å². The number of likely N-dealkylation sites (N-methyl/N-ethyl adjacent to an activating group) is 1. The van der Waals surface area contributed by atoms with Crippen LogP contribution < -0.4 is 10.7 Å². The van der Waals surface area contributed by atoms with Crippen molar-refractivity contribution in [3.63, 3.8) is 0 Å². The zero-order valence-corrected chi connectivity index (χ0v) is 39.8. The molecule has 2 aromatic carbocycles. The molecule has 3 amide bonds. The molecule has 5 heterocycles. The number of methoxy groups -OCH3 is 1. The number of nitrogens with one attached hydrogen (secondary N) is 2. The molecule has 4 aromatic rings. The highest BCUT2D eigenvalue weighted by Crippen LogP contribution is 2.41. The molecular weight excluding hydrogens is 863 g/mol. The number of carbonyl (C=O) groups excluding carboxylic acids is 4. The van der Waals surface area contributed by atoms with Gasteiger partial charge in [-0.1, -0.05) is 46.4 Å². The van der Waals surface area contributed by atoms with Crippen LogP contribution in [0.2, 0.25) is 0 Å².